The van der Waals surface area contributed by atoms with E-state index in [4.69, 9.17) is 39.9 Å². The second-order valence-corrected chi connectivity index (χ2v) is 8.44. The number of nitrogens with two attached hydrogens (primary N) is 1. The van der Waals surface area contributed by atoms with Gasteiger partial charge >= 0.3 is 0 Å². The Balaban J connectivity index is 2.88. The highest BCUT2D eigenvalue weighted by Crippen LogP contribution is 2.31. The molecule has 6 nitrogen and oxygen atoms in total. The number of hydrogen-bond donors (Lipinski definition) is 3. The third-order valence-electron chi connectivity index (χ3n) is 2.60. The molecule has 0 aliphatic carbocycles. The monoisotopic (exact) mass is 387 g/mol. The predicted octanol–water partition coefficient (Wildman–Crippen LogP) is 2.36. The SMILES string of the molecule is CCCC(=O)N[C@H](Nc1ccc(S(N)(=O)=O)cc1)C(Cl)(Cl)Cl. The lowest BCUT2D eigenvalue weighted by Gasteiger charge is -2.27. The zero-order valence-electron chi connectivity index (χ0n) is 11.6. The van der Waals surface area contributed by atoms with Crippen LogP contribution in [-0.2, 0) is 14.8 Å². The summed E-state index contributed by atoms with van der Waals surface area (Å²) in [4.78, 5) is 11.6. The van der Waals surface area contributed by atoms with E-state index in [1.54, 1.807) is 0 Å². The molecule has 1 aromatic rings. The van der Waals surface area contributed by atoms with Gasteiger partial charge in [-0.3, -0.25) is 4.79 Å². The molecule has 0 fully saturated rings. The Kier molecular flexibility index (Phi) is 6.76. The van der Waals surface area contributed by atoms with E-state index in [0.29, 0.717) is 18.5 Å². The zero-order chi connectivity index (χ0) is 17.0. The highest BCUT2D eigenvalue weighted by atomic mass is 35.6. The minimum absolute atomic E-state index is 0.0431. The molecule has 1 amide bonds. The molecule has 0 saturated carbocycles. The van der Waals surface area contributed by atoms with Crippen molar-refractivity contribution in [2.45, 2.75) is 34.6 Å². The van der Waals surface area contributed by atoms with Crippen molar-refractivity contribution in [3.05, 3.63) is 24.3 Å². The maximum absolute atomic E-state index is 11.7. The lowest BCUT2D eigenvalue weighted by Crippen LogP contribution is -2.49. The normalized spacial score (nSPS) is 13.5. The molecule has 0 spiro atoms. The van der Waals surface area contributed by atoms with Gasteiger partial charge in [-0.25, -0.2) is 13.6 Å². The van der Waals surface area contributed by atoms with Crippen LogP contribution in [0.3, 0.4) is 0 Å². The third kappa shape index (κ3) is 6.18. The maximum Gasteiger partial charge on any atom is 0.238 e. The second kappa shape index (κ2) is 7.70. The summed E-state index contributed by atoms with van der Waals surface area (Å²) < 4.78 is 20.6. The maximum atomic E-state index is 11.7. The Morgan fingerprint density at radius 1 is 1.27 bits per heavy atom. The molecule has 0 aliphatic rings. The summed E-state index contributed by atoms with van der Waals surface area (Å²) in [6, 6.07) is 5.52. The van der Waals surface area contributed by atoms with Crippen LogP contribution in [0.4, 0.5) is 5.69 Å². The molecule has 10 heteroatoms. The van der Waals surface area contributed by atoms with E-state index in [1.165, 1.54) is 24.3 Å². The van der Waals surface area contributed by atoms with Crippen molar-refractivity contribution in [3.8, 4) is 0 Å². The van der Waals surface area contributed by atoms with E-state index in [0.717, 1.165) is 0 Å². The summed E-state index contributed by atoms with van der Waals surface area (Å²) in [7, 11) is -3.78. The predicted molar refractivity (Wildman–Crippen MR) is 88.6 cm³/mol. The van der Waals surface area contributed by atoms with E-state index in [2.05, 4.69) is 10.6 Å². The quantitative estimate of drug-likeness (QED) is 0.514. The molecule has 22 heavy (non-hydrogen) atoms. The number of hydrogen-bond acceptors (Lipinski definition) is 4. The van der Waals surface area contributed by atoms with Crippen LogP contribution in [0.1, 0.15) is 19.8 Å². The van der Waals surface area contributed by atoms with Crippen molar-refractivity contribution in [1.29, 1.82) is 0 Å². The number of carbonyl (C=O) groups is 1. The van der Waals surface area contributed by atoms with Crippen LogP contribution in [0.15, 0.2) is 29.2 Å². The van der Waals surface area contributed by atoms with Crippen molar-refractivity contribution in [2.75, 3.05) is 5.32 Å². The van der Waals surface area contributed by atoms with E-state index in [1.807, 2.05) is 6.92 Å². The number of sulfonamides is 1. The van der Waals surface area contributed by atoms with E-state index in [9.17, 15) is 13.2 Å². The highest BCUT2D eigenvalue weighted by Gasteiger charge is 2.33. The Labute approximate surface area is 144 Å². The van der Waals surface area contributed by atoms with Gasteiger partial charge in [0.15, 0.2) is 0 Å². The van der Waals surface area contributed by atoms with Crippen molar-refractivity contribution in [2.24, 2.45) is 5.14 Å². The first-order valence-electron chi connectivity index (χ1n) is 6.29. The molecule has 0 aliphatic heterocycles. The lowest BCUT2D eigenvalue weighted by atomic mass is 10.3. The van der Waals surface area contributed by atoms with Crippen LogP contribution < -0.4 is 15.8 Å². The Morgan fingerprint density at radius 2 is 1.82 bits per heavy atom. The number of nitrogens with one attached hydrogen (secondary N) is 2. The molecule has 0 unspecified atom stereocenters. The summed E-state index contributed by atoms with van der Waals surface area (Å²) in [6.45, 7) is 1.85. The van der Waals surface area contributed by atoms with Crippen molar-refractivity contribution >= 4 is 56.4 Å². The first-order chi connectivity index (χ1) is 10.0. The number of alkyl halides is 3. The number of primary sulfonamides is 1. The molecular formula is C12H16Cl3N3O3S. The summed E-state index contributed by atoms with van der Waals surface area (Å²) >= 11 is 17.5. The minimum atomic E-state index is -3.78. The number of carbonyl (C=O) groups excluding carboxylic acids is 1. The van der Waals surface area contributed by atoms with Crippen molar-refractivity contribution in [3.63, 3.8) is 0 Å². The van der Waals surface area contributed by atoms with Gasteiger partial charge in [0, 0.05) is 12.1 Å². The van der Waals surface area contributed by atoms with Crippen LogP contribution >= 0.6 is 34.8 Å². The minimum Gasteiger partial charge on any atom is -0.362 e. The van der Waals surface area contributed by atoms with E-state index >= 15 is 0 Å². The average molecular weight is 389 g/mol. The number of halogens is 3. The summed E-state index contributed by atoms with van der Waals surface area (Å²) in [5.41, 5.74) is 0.459. The van der Waals surface area contributed by atoms with Crippen molar-refractivity contribution < 1.29 is 13.2 Å². The average Bonchev–Trinajstić information content (AvgIpc) is 2.36. The molecule has 0 heterocycles. The van der Waals surface area contributed by atoms with Gasteiger partial charge in [0.1, 0.15) is 6.17 Å². The Morgan fingerprint density at radius 3 is 2.23 bits per heavy atom. The van der Waals surface area contributed by atoms with Gasteiger partial charge in [-0.05, 0) is 30.7 Å². The fourth-order valence-corrected chi connectivity index (χ4v) is 2.41. The Hall–Kier alpha value is -0.730. The van der Waals surface area contributed by atoms with Crippen LogP contribution in [0, 0.1) is 0 Å². The number of benzene rings is 1. The first-order valence-corrected chi connectivity index (χ1v) is 8.97. The molecule has 0 aromatic heterocycles. The topological polar surface area (TPSA) is 101 Å². The Bertz CT molecular complexity index is 615. The first kappa shape index (κ1) is 19.3. The molecule has 0 saturated heterocycles. The number of amides is 1. The fourth-order valence-electron chi connectivity index (χ4n) is 1.57. The summed E-state index contributed by atoms with van der Waals surface area (Å²) in [5.74, 6) is -0.271. The second-order valence-electron chi connectivity index (χ2n) is 4.51. The molecule has 1 aromatic carbocycles. The van der Waals surface area contributed by atoms with Gasteiger partial charge < -0.3 is 10.6 Å². The summed E-state index contributed by atoms with van der Waals surface area (Å²) in [5, 5.41) is 10.4. The molecule has 1 atom stereocenters. The largest absolute Gasteiger partial charge is 0.362 e. The van der Waals surface area contributed by atoms with Crippen LogP contribution in [0.2, 0.25) is 0 Å². The third-order valence-corrected chi connectivity index (χ3v) is 4.19. The zero-order valence-corrected chi connectivity index (χ0v) is 14.7. The molecule has 4 N–H and O–H groups in total. The lowest BCUT2D eigenvalue weighted by molar-refractivity contribution is -0.121. The van der Waals surface area contributed by atoms with Gasteiger partial charge in [0.25, 0.3) is 0 Å². The van der Waals surface area contributed by atoms with Crippen molar-refractivity contribution in [1.82, 2.24) is 5.32 Å². The van der Waals surface area contributed by atoms with Gasteiger partial charge in [-0.1, -0.05) is 41.7 Å². The number of rotatable bonds is 6. The highest BCUT2D eigenvalue weighted by molar-refractivity contribution is 7.89. The standard InChI is InChI=1S/C12H16Cl3N3O3S/c1-2-3-10(19)18-11(12(13,14)15)17-8-4-6-9(7-5-8)22(16,20)21/h4-7,11,17H,2-3H2,1H3,(H,18,19)(H2,16,20,21)/t11-/m0/s1. The van der Waals surface area contributed by atoms with E-state index < -0.39 is 20.0 Å². The summed E-state index contributed by atoms with van der Waals surface area (Å²) in [6.07, 6.45) is -0.0260. The molecular weight excluding hydrogens is 373 g/mol. The van der Waals surface area contributed by atoms with Crippen LogP contribution in [0.5, 0.6) is 0 Å². The van der Waals surface area contributed by atoms with Gasteiger partial charge in [-0.2, -0.15) is 0 Å². The molecule has 124 valence electrons. The molecule has 1 rings (SSSR count). The number of anilines is 1. The van der Waals surface area contributed by atoms with Gasteiger partial charge in [0.05, 0.1) is 4.90 Å². The van der Waals surface area contributed by atoms with E-state index in [-0.39, 0.29) is 10.8 Å². The molecule has 0 bridgehead atoms. The van der Waals surface area contributed by atoms with Crippen LogP contribution in [-0.4, -0.2) is 24.3 Å². The smallest absolute Gasteiger partial charge is 0.238 e. The van der Waals surface area contributed by atoms with Gasteiger partial charge in [0.2, 0.25) is 19.7 Å². The molecule has 0 radical (unpaired) electrons. The van der Waals surface area contributed by atoms with Crippen LogP contribution in [0.25, 0.3) is 0 Å². The van der Waals surface area contributed by atoms with Gasteiger partial charge in [-0.15, -0.1) is 0 Å². The fraction of sp³-hybridized carbons (Fsp3) is 0.417.